The average molecular weight is 443 g/mol. The summed E-state index contributed by atoms with van der Waals surface area (Å²) in [5, 5.41) is 16.0. The number of rotatable bonds is 14. The lowest BCUT2D eigenvalue weighted by Crippen LogP contribution is -2.36. The first-order chi connectivity index (χ1) is 15.7. The molecule has 0 spiro atoms. The Kier molecular flexibility index (Phi) is 9.64. The molecule has 0 aliphatic carbocycles. The van der Waals surface area contributed by atoms with Crippen LogP contribution >= 0.6 is 0 Å². The molecule has 3 N–H and O–H groups in total. The summed E-state index contributed by atoms with van der Waals surface area (Å²) in [6.45, 7) is 3.96. The van der Waals surface area contributed by atoms with Crippen LogP contribution in [0.1, 0.15) is 36.9 Å². The highest BCUT2D eigenvalue weighted by Gasteiger charge is 2.19. The first kappa shape index (κ1) is 23.9. The van der Waals surface area contributed by atoms with E-state index >= 15 is 0 Å². The van der Waals surface area contributed by atoms with Crippen molar-refractivity contribution in [1.82, 2.24) is 19.9 Å². The number of hydrogen-bond donors (Lipinski definition) is 3. The normalized spacial score (nSPS) is 13.9. The number of carbonyl (C=O) groups is 1. The summed E-state index contributed by atoms with van der Waals surface area (Å²) in [4.78, 5) is 26.7. The SMILES string of the molecule is COCCN(CCCCc1ccc2c(n1)NCCC2)CCC(Nc1ccncn1)C(=O)O. The van der Waals surface area contributed by atoms with Crippen LogP contribution in [0.25, 0.3) is 0 Å². The zero-order valence-corrected chi connectivity index (χ0v) is 18.8. The minimum atomic E-state index is -0.887. The van der Waals surface area contributed by atoms with Crippen LogP contribution in [0.15, 0.2) is 30.7 Å². The monoisotopic (exact) mass is 442 g/mol. The number of pyridine rings is 1. The Hall–Kier alpha value is -2.78. The van der Waals surface area contributed by atoms with E-state index in [0.29, 0.717) is 25.4 Å². The summed E-state index contributed by atoms with van der Waals surface area (Å²) in [5.74, 6) is 0.677. The van der Waals surface area contributed by atoms with E-state index in [2.05, 4.69) is 37.6 Å². The van der Waals surface area contributed by atoms with Crippen molar-refractivity contribution in [1.29, 1.82) is 0 Å². The molecule has 0 bridgehead atoms. The summed E-state index contributed by atoms with van der Waals surface area (Å²) in [7, 11) is 1.69. The molecule has 0 aromatic carbocycles. The highest BCUT2D eigenvalue weighted by atomic mass is 16.5. The van der Waals surface area contributed by atoms with Crippen LogP contribution in [-0.4, -0.2) is 76.9 Å². The third-order valence-corrected chi connectivity index (χ3v) is 5.66. The third kappa shape index (κ3) is 7.72. The number of nitrogens with zero attached hydrogens (tertiary/aromatic N) is 4. The lowest BCUT2D eigenvalue weighted by atomic mass is 10.1. The second kappa shape index (κ2) is 12.9. The summed E-state index contributed by atoms with van der Waals surface area (Å²) < 4.78 is 5.24. The Bertz CT molecular complexity index is 836. The topological polar surface area (TPSA) is 113 Å². The number of carboxylic acid groups (broad SMARTS) is 1. The minimum Gasteiger partial charge on any atom is -0.480 e. The molecule has 9 nitrogen and oxygen atoms in total. The molecule has 0 saturated heterocycles. The molecular weight excluding hydrogens is 408 g/mol. The molecule has 32 heavy (non-hydrogen) atoms. The molecule has 174 valence electrons. The summed E-state index contributed by atoms with van der Waals surface area (Å²) >= 11 is 0. The maximum atomic E-state index is 11.7. The van der Waals surface area contributed by atoms with Crippen LogP contribution in [-0.2, 0) is 22.4 Å². The molecule has 0 saturated carbocycles. The number of aryl methyl sites for hydroxylation is 2. The number of aliphatic carboxylic acids is 1. The van der Waals surface area contributed by atoms with Crippen LogP contribution in [0.3, 0.4) is 0 Å². The van der Waals surface area contributed by atoms with Gasteiger partial charge in [-0.1, -0.05) is 6.07 Å². The van der Waals surface area contributed by atoms with E-state index in [4.69, 9.17) is 9.72 Å². The van der Waals surface area contributed by atoms with Crippen LogP contribution in [0.2, 0.25) is 0 Å². The zero-order chi connectivity index (χ0) is 22.6. The van der Waals surface area contributed by atoms with Crippen LogP contribution in [0.4, 0.5) is 11.6 Å². The second-order valence-corrected chi connectivity index (χ2v) is 8.05. The lowest BCUT2D eigenvalue weighted by molar-refractivity contribution is -0.138. The van der Waals surface area contributed by atoms with E-state index < -0.39 is 12.0 Å². The van der Waals surface area contributed by atoms with E-state index in [1.165, 1.54) is 18.3 Å². The van der Waals surface area contributed by atoms with E-state index in [-0.39, 0.29) is 0 Å². The molecule has 9 heteroatoms. The van der Waals surface area contributed by atoms with Crippen LogP contribution < -0.4 is 10.6 Å². The van der Waals surface area contributed by atoms with E-state index in [9.17, 15) is 9.90 Å². The predicted octanol–water partition coefficient (Wildman–Crippen LogP) is 2.46. The van der Waals surface area contributed by atoms with Crippen molar-refractivity contribution in [2.24, 2.45) is 0 Å². The zero-order valence-electron chi connectivity index (χ0n) is 18.8. The second-order valence-electron chi connectivity index (χ2n) is 8.05. The number of unbranched alkanes of at least 4 members (excludes halogenated alkanes) is 1. The van der Waals surface area contributed by atoms with Crippen molar-refractivity contribution < 1.29 is 14.6 Å². The number of nitrogens with one attached hydrogen (secondary N) is 2. The molecule has 0 radical (unpaired) electrons. The smallest absolute Gasteiger partial charge is 0.326 e. The van der Waals surface area contributed by atoms with Crippen molar-refractivity contribution in [3.63, 3.8) is 0 Å². The van der Waals surface area contributed by atoms with Gasteiger partial charge in [-0.25, -0.2) is 19.7 Å². The number of fused-ring (bicyclic) bond motifs is 1. The molecule has 2 aromatic rings. The highest BCUT2D eigenvalue weighted by Crippen LogP contribution is 2.20. The Morgan fingerprint density at radius 2 is 2.19 bits per heavy atom. The number of methoxy groups -OCH3 is 1. The van der Waals surface area contributed by atoms with Gasteiger partial charge in [0.05, 0.1) is 6.61 Å². The summed E-state index contributed by atoms with van der Waals surface area (Å²) in [6.07, 6.45) is 8.74. The molecule has 0 fully saturated rings. The quantitative estimate of drug-likeness (QED) is 0.380. The molecule has 1 atom stereocenters. The van der Waals surface area contributed by atoms with Gasteiger partial charge in [0.25, 0.3) is 0 Å². The predicted molar refractivity (Wildman–Crippen MR) is 124 cm³/mol. The van der Waals surface area contributed by atoms with Gasteiger partial charge < -0.3 is 25.4 Å². The lowest BCUT2D eigenvalue weighted by Gasteiger charge is -2.24. The van der Waals surface area contributed by atoms with Crippen molar-refractivity contribution in [3.8, 4) is 0 Å². The molecule has 1 aliphatic rings. The van der Waals surface area contributed by atoms with Crippen LogP contribution in [0, 0.1) is 0 Å². The van der Waals surface area contributed by atoms with E-state index in [1.807, 2.05) is 0 Å². The van der Waals surface area contributed by atoms with Gasteiger partial charge in [0.15, 0.2) is 0 Å². The van der Waals surface area contributed by atoms with Gasteiger partial charge in [-0.2, -0.15) is 0 Å². The number of anilines is 2. The number of hydrogen-bond acceptors (Lipinski definition) is 8. The van der Waals surface area contributed by atoms with Crippen molar-refractivity contribution >= 4 is 17.6 Å². The number of aromatic nitrogens is 3. The van der Waals surface area contributed by atoms with Crippen LogP contribution in [0.5, 0.6) is 0 Å². The summed E-state index contributed by atoms with van der Waals surface area (Å²) in [5.41, 5.74) is 2.44. The number of carboxylic acids is 1. The Morgan fingerprint density at radius 1 is 1.28 bits per heavy atom. The third-order valence-electron chi connectivity index (χ3n) is 5.66. The molecule has 3 rings (SSSR count). The van der Waals surface area contributed by atoms with Gasteiger partial charge in [-0.05, 0) is 62.8 Å². The maximum absolute atomic E-state index is 11.7. The van der Waals surface area contributed by atoms with Gasteiger partial charge in [-0.3, -0.25) is 0 Å². The molecule has 1 unspecified atom stereocenters. The van der Waals surface area contributed by atoms with E-state index in [0.717, 1.165) is 56.8 Å². The molecule has 3 heterocycles. The molecular formula is C23H34N6O3. The first-order valence-electron chi connectivity index (χ1n) is 11.3. The van der Waals surface area contributed by atoms with Gasteiger partial charge in [0.1, 0.15) is 24.0 Å². The highest BCUT2D eigenvalue weighted by molar-refractivity contribution is 5.76. The Balaban J connectivity index is 1.45. The fraction of sp³-hybridized carbons (Fsp3) is 0.565. The summed E-state index contributed by atoms with van der Waals surface area (Å²) in [6, 6.07) is 5.31. The average Bonchev–Trinajstić information content (AvgIpc) is 2.82. The van der Waals surface area contributed by atoms with E-state index in [1.54, 1.807) is 19.4 Å². The first-order valence-corrected chi connectivity index (χ1v) is 11.3. The molecule has 2 aromatic heterocycles. The maximum Gasteiger partial charge on any atom is 0.326 e. The molecule has 1 aliphatic heterocycles. The minimum absolute atomic E-state index is 0.473. The fourth-order valence-electron chi connectivity index (χ4n) is 3.83. The Labute approximate surface area is 189 Å². The van der Waals surface area contributed by atoms with Crippen molar-refractivity contribution in [3.05, 3.63) is 42.0 Å². The van der Waals surface area contributed by atoms with Crippen molar-refractivity contribution in [2.75, 3.05) is 50.5 Å². The largest absolute Gasteiger partial charge is 0.480 e. The van der Waals surface area contributed by atoms with Gasteiger partial charge in [-0.15, -0.1) is 0 Å². The van der Waals surface area contributed by atoms with Gasteiger partial charge in [0.2, 0.25) is 0 Å². The van der Waals surface area contributed by atoms with Crippen molar-refractivity contribution in [2.45, 2.75) is 44.6 Å². The molecule has 0 amide bonds. The fourth-order valence-corrected chi connectivity index (χ4v) is 3.83. The Morgan fingerprint density at radius 3 is 2.97 bits per heavy atom. The van der Waals surface area contributed by atoms with Gasteiger partial charge >= 0.3 is 5.97 Å². The standard InChI is InChI=1S/C23H34N6O3/c1-32-16-15-29(14-10-20(23(30)31)28-21-9-12-24-17-26-21)13-3-2-6-19-8-7-18-5-4-11-25-22(18)27-19/h7-9,12,17,20H,2-6,10-11,13-16H2,1H3,(H,25,27)(H,30,31)(H,24,26,28). The van der Waals surface area contributed by atoms with Gasteiger partial charge in [0, 0.05) is 38.6 Å². The number of ether oxygens (including phenoxy) is 1.